The van der Waals surface area contributed by atoms with Crippen LogP contribution in [0.25, 0.3) is 0 Å². The average Bonchev–Trinajstić information content (AvgIpc) is 2.58. The minimum Gasteiger partial charge on any atom is -0.349 e. The van der Waals surface area contributed by atoms with Crippen LogP contribution in [0.3, 0.4) is 0 Å². The van der Waals surface area contributed by atoms with Gasteiger partial charge < -0.3 is 11.1 Å². The van der Waals surface area contributed by atoms with Crippen molar-refractivity contribution >= 4 is 28.8 Å². The molecule has 15 heavy (non-hydrogen) atoms. The van der Waals surface area contributed by atoms with Crippen LogP contribution in [0.1, 0.15) is 28.9 Å². The van der Waals surface area contributed by atoms with E-state index in [1.807, 2.05) is 0 Å². The molecule has 3 N–H and O–H groups in total. The predicted octanol–water partition coefficient (Wildman–Crippen LogP) is 2.01. The van der Waals surface area contributed by atoms with Gasteiger partial charge in [0.15, 0.2) is 0 Å². The maximum atomic E-state index is 11.6. The van der Waals surface area contributed by atoms with Gasteiger partial charge in [-0.1, -0.05) is 11.6 Å². The monoisotopic (exact) mass is 244 g/mol. The maximum absolute atomic E-state index is 11.6. The van der Waals surface area contributed by atoms with Crippen molar-refractivity contribution in [3.8, 4) is 0 Å². The zero-order valence-electron chi connectivity index (χ0n) is 8.25. The second-order valence-electron chi connectivity index (χ2n) is 4.00. The molecule has 1 aliphatic rings. The van der Waals surface area contributed by atoms with Gasteiger partial charge in [0.05, 0.1) is 9.21 Å². The van der Waals surface area contributed by atoms with Gasteiger partial charge in [-0.05, 0) is 31.4 Å². The summed E-state index contributed by atoms with van der Waals surface area (Å²) in [7, 11) is 0. The summed E-state index contributed by atoms with van der Waals surface area (Å²) in [6.45, 7) is 0.557. The third kappa shape index (κ3) is 2.51. The number of carbonyl (C=O) groups excluding carboxylic acids is 1. The summed E-state index contributed by atoms with van der Waals surface area (Å²) in [5.41, 5.74) is 5.83. The topological polar surface area (TPSA) is 55.1 Å². The molecule has 1 aromatic heterocycles. The maximum Gasteiger partial charge on any atom is 0.261 e. The van der Waals surface area contributed by atoms with Gasteiger partial charge in [0, 0.05) is 12.1 Å². The fourth-order valence-corrected chi connectivity index (χ4v) is 2.55. The molecule has 0 bridgehead atoms. The SMILES string of the molecule is NC1(CNC(=O)c2ccc(Cl)s2)CCC1. The molecule has 0 saturated heterocycles. The summed E-state index contributed by atoms with van der Waals surface area (Å²) in [5.74, 6) is -0.0800. The second kappa shape index (κ2) is 4.12. The van der Waals surface area contributed by atoms with Crippen molar-refractivity contribution in [2.24, 2.45) is 5.73 Å². The average molecular weight is 245 g/mol. The van der Waals surface area contributed by atoms with E-state index < -0.39 is 0 Å². The molecule has 0 radical (unpaired) electrons. The van der Waals surface area contributed by atoms with Gasteiger partial charge in [0.2, 0.25) is 0 Å². The summed E-state index contributed by atoms with van der Waals surface area (Å²) >= 11 is 7.03. The van der Waals surface area contributed by atoms with Crippen LogP contribution >= 0.6 is 22.9 Å². The van der Waals surface area contributed by atoms with Crippen LogP contribution in [-0.4, -0.2) is 18.0 Å². The Bertz CT molecular complexity index is 373. The lowest BCUT2D eigenvalue weighted by Gasteiger charge is -2.38. The molecule has 3 nitrogen and oxygen atoms in total. The van der Waals surface area contributed by atoms with Crippen LogP contribution in [0.4, 0.5) is 0 Å². The summed E-state index contributed by atoms with van der Waals surface area (Å²) in [6.07, 6.45) is 3.16. The number of nitrogens with two attached hydrogens (primary N) is 1. The van der Waals surface area contributed by atoms with E-state index in [1.165, 1.54) is 11.3 Å². The number of amides is 1. The van der Waals surface area contributed by atoms with E-state index in [0.29, 0.717) is 15.8 Å². The van der Waals surface area contributed by atoms with Crippen molar-refractivity contribution in [3.63, 3.8) is 0 Å². The molecule has 82 valence electrons. The van der Waals surface area contributed by atoms with E-state index in [0.717, 1.165) is 19.3 Å². The molecule has 2 rings (SSSR count). The first-order valence-corrected chi connectivity index (χ1v) is 6.11. The van der Waals surface area contributed by atoms with Gasteiger partial charge in [-0.25, -0.2) is 0 Å². The first-order chi connectivity index (χ1) is 7.09. The number of nitrogens with one attached hydrogen (secondary N) is 1. The van der Waals surface area contributed by atoms with Crippen molar-refractivity contribution in [3.05, 3.63) is 21.3 Å². The van der Waals surface area contributed by atoms with Gasteiger partial charge in [-0.2, -0.15) is 0 Å². The quantitative estimate of drug-likeness (QED) is 0.855. The highest BCUT2D eigenvalue weighted by Crippen LogP contribution is 2.28. The van der Waals surface area contributed by atoms with Crippen LogP contribution in [0.15, 0.2) is 12.1 Å². The molecule has 1 fully saturated rings. The molecule has 1 saturated carbocycles. The minimum absolute atomic E-state index is 0.0800. The number of carbonyl (C=O) groups is 1. The van der Waals surface area contributed by atoms with Gasteiger partial charge in [-0.3, -0.25) is 4.79 Å². The van der Waals surface area contributed by atoms with Crippen molar-refractivity contribution in [2.45, 2.75) is 24.8 Å². The van der Waals surface area contributed by atoms with Gasteiger partial charge in [-0.15, -0.1) is 11.3 Å². The number of thiophene rings is 1. The summed E-state index contributed by atoms with van der Waals surface area (Å²) in [5, 5.41) is 2.84. The second-order valence-corrected chi connectivity index (χ2v) is 5.72. The molecule has 1 amide bonds. The number of hydrogen-bond acceptors (Lipinski definition) is 3. The normalized spacial score (nSPS) is 18.3. The zero-order chi connectivity index (χ0) is 10.9. The Morgan fingerprint density at radius 2 is 2.33 bits per heavy atom. The summed E-state index contributed by atoms with van der Waals surface area (Å²) in [4.78, 5) is 12.3. The number of hydrogen-bond donors (Lipinski definition) is 2. The van der Waals surface area contributed by atoms with E-state index in [-0.39, 0.29) is 11.4 Å². The van der Waals surface area contributed by atoms with Crippen molar-refractivity contribution in [1.29, 1.82) is 0 Å². The molecular weight excluding hydrogens is 232 g/mol. The Kier molecular flexibility index (Phi) is 3.00. The zero-order valence-corrected chi connectivity index (χ0v) is 9.83. The molecule has 0 aromatic carbocycles. The Morgan fingerprint density at radius 3 is 2.80 bits per heavy atom. The lowest BCUT2D eigenvalue weighted by Crippen LogP contribution is -2.54. The Hall–Kier alpha value is -0.580. The van der Waals surface area contributed by atoms with Crippen molar-refractivity contribution < 1.29 is 4.79 Å². The third-order valence-corrected chi connectivity index (χ3v) is 3.98. The molecule has 0 aliphatic heterocycles. The fourth-order valence-electron chi connectivity index (χ4n) is 1.59. The van der Waals surface area contributed by atoms with E-state index in [1.54, 1.807) is 12.1 Å². The standard InChI is InChI=1S/C10H13ClN2OS/c11-8-3-2-7(15-8)9(14)13-6-10(12)4-1-5-10/h2-3H,1,4-6,12H2,(H,13,14). The fraction of sp³-hybridized carbons (Fsp3) is 0.500. The first-order valence-electron chi connectivity index (χ1n) is 4.91. The van der Waals surface area contributed by atoms with E-state index >= 15 is 0 Å². The lowest BCUT2D eigenvalue weighted by atomic mass is 9.78. The molecule has 1 aromatic rings. The highest BCUT2D eigenvalue weighted by atomic mass is 35.5. The number of halogens is 1. The molecule has 1 heterocycles. The Labute approximate surface area is 97.6 Å². The van der Waals surface area contributed by atoms with Crippen LogP contribution < -0.4 is 11.1 Å². The first kappa shape index (κ1) is 10.9. The largest absolute Gasteiger partial charge is 0.349 e. The van der Waals surface area contributed by atoms with Gasteiger partial charge in [0.25, 0.3) is 5.91 Å². The molecule has 0 spiro atoms. The lowest BCUT2D eigenvalue weighted by molar-refractivity contribution is 0.0934. The highest BCUT2D eigenvalue weighted by molar-refractivity contribution is 7.17. The molecular formula is C10H13ClN2OS. The van der Waals surface area contributed by atoms with E-state index in [2.05, 4.69) is 5.32 Å². The Morgan fingerprint density at radius 1 is 1.60 bits per heavy atom. The molecule has 1 aliphatic carbocycles. The van der Waals surface area contributed by atoms with Gasteiger partial charge >= 0.3 is 0 Å². The predicted molar refractivity (Wildman–Crippen MR) is 62.4 cm³/mol. The summed E-state index contributed by atoms with van der Waals surface area (Å²) in [6, 6.07) is 3.45. The van der Waals surface area contributed by atoms with Crippen molar-refractivity contribution in [1.82, 2.24) is 5.32 Å². The smallest absolute Gasteiger partial charge is 0.261 e. The van der Waals surface area contributed by atoms with Crippen LogP contribution in [0.5, 0.6) is 0 Å². The van der Waals surface area contributed by atoms with E-state index in [4.69, 9.17) is 17.3 Å². The molecule has 0 atom stereocenters. The van der Waals surface area contributed by atoms with Crippen LogP contribution in [0, 0.1) is 0 Å². The summed E-state index contributed by atoms with van der Waals surface area (Å²) < 4.78 is 0.631. The number of rotatable bonds is 3. The highest BCUT2D eigenvalue weighted by Gasteiger charge is 2.32. The van der Waals surface area contributed by atoms with Crippen LogP contribution in [0.2, 0.25) is 4.34 Å². The molecule has 5 heteroatoms. The van der Waals surface area contributed by atoms with Crippen molar-refractivity contribution in [2.75, 3.05) is 6.54 Å². The van der Waals surface area contributed by atoms with E-state index in [9.17, 15) is 4.79 Å². The van der Waals surface area contributed by atoms with Gasteiger partial charge in [0.1, 0.15) is 0 Å². The minimum atomic E-state index is -0.170. The molecule has 0 unspecified atom stereocenters. The third-order valence-electron chi connectivity index (χ3n) is 2.75. The van der Waals surface area contributed by atoms with Crippen LogP contribution in [-0.2, 0) is 0 Å². The Balaban J connectivity index is 1.87.